The Bertz CT molecular complexity index is 419. The van der Waals surface area contributed by atoms with Crippen molar-refractivity contribution in [2.45, 2.75) is 72.3 Å². The molecule has 2 saturated carbocycles. The number of allylic oxidation sites excluding steroid dienone is 1. The highest BCUT2D eigenvalue weighted by Gasteiger charge is 2.57. The van der Waals surface area contributed by atoms with Crippen molar-refractivity contribution < 1.29 is 9.90 Å². The third kappa shape index (κ3) is 2.59. The van der Waals surface area contributed by atoms with E-state index in [0.29, 0.717) is 11.3 Å². The average Bonchev–Trinajstić information content (AvgIpc) is 2.25. The van der Waals surface area contributed by atoms with Crippen LogP contribution >= 0.6 is 0 Å². The maximum Gasteiger partial charge on any atom is 0.152 e. The molecule has 0 aromatic heterocycles. The van der Waals surface area contributed by atoms with Gasteiger partial charge in [-0.3, -0.25) is 4.79 Å². The van der Waals surface area contributed by atoms with E-state index in [9.17, 15) is 9.90 Å². The molecular formula is C18H30O2. The van der Waals surface area contributed by atoms with Gasteiger partial charge >= 0.3 is 0 Å². The van der Waals surface area contributed by atoms with Crippen LogP contribution in [-0.4, -0.2) is 16.5 Å². The summed E-state index contributed by atoms with van der Waals surface area (Å²) in [5.41, 5.74) is -0.244. The topological polar surface area (TPSA) is 37.3 Å². The molecule has 2 rings (SSSR count). The van der Waals surface area contributed by atoms with Crippen molar-refractivity contribution in [2.75, 3.05) is 0 Å². The first-order valence-electron chi connectivity index (χ1n) is 8.01. The van der Waals surface area contributed by atoms with Crippen LogP contribution in [0.25, 0.3) is 0 Å². The Morgan fingerprint density at radius 2 is 1.80 bits per heavy atom. The molecule has 0 radical (unpaired) electrons. The number of rotatable bonds is 2. The zero-order valence-electron chi connectivity index (χ0n) is 13.7. The van der Waals surface area contributed by atoms with E-state index in [-0.39, 0.29) is 17.1 Å². The lowest BCUT2D eigenvalue weighted by molar-refractivity contribution is -0.149. The molecule has 0 saturated heterocycles. The standard InChI is InChI=1S/C18H30O2/c1-13(19)7-8-15-17(4)11-6-10-16(2,3)14(17)9-12-18(15,5)20/h7-8,14-15,20H,6,9-12H2,1-5H3/b8-7+/t14-,15?,17-,18+/m0/s1. The van der Waals surface area contributed by atoms with Crippen LogP contribution in [0.15, 0.2) is 12.2 Å². The third-order valence-electron chi connectivity index (χ3n) is 6.12. The Morgan fingerprint density at radius 1 is 1.15 bits per heavy atom. The summed E-state index contributed by atoms with van der Waals surface area (Å²) in [6.45, 7) is 10.6. The molecule has 0 aromatic rings. The molecule has 1 N–H and O–H groups in total. The highest BCUT2D eigenvalue weighted by Crippen LogP contribution is 2.62. The molecular weight excluding hydrogens is 248 g/mol. The predicted octanol–water partition coefficient (Wildman–Crippen LogP) is 4.13. The first-order chi connectivity index (χ1) is 9.09. The van der Waals surface area contributed by atoms with Crippen molar-refractivity contribution in [3.8, 4) is 0 Å². The Morgan fingerprint density at radius 3 is 2.40 bits per heavy atom. The van der Waals surface area contributed by atoms with E-state index in [1.54, 1.807) is 13.0 Å². The van der Waals surface area contributed by atoms with Crippen molar-refractivity contribution in [1.29, 1.82) is 0 Å². The smallest absolute Gasteiger partial charge is 0.152 e. The van der Waals surface area contributed by atoms with E-state index in [1.165, 1.54) is 12.8 Å². The van der Waals surface area contributed by atoms with E-state index in [2.05, 4.69) is 20.8 Å². The summed E-state index contributed by atoms with van der Waals surface area (Å²) in [7, 11) is 0. The second-order valence-electron chi connectivity index (χ2n) is 8.24. The van der Waals surface area contributed by atoms with E-state index < -0.39 is 5.60 Å². The Labute approximate surface area is 123 Å². The molecule has 2 heteroatoms. The number of hydrogen-bond acceptors (Lipinski definition) is 2. The second-order valence-corrected chi connectivity index (χ2v) is 8.24. The molecule has 0 bridgehead atoms. The lowest BCUT2D eigenvalue weighted by Gasteiger charge is -2.60. The van der Waals surface area contributed by atoms with Gasteiger partial charge < -0.3 is 5.11 Å². The maximum absolute atomic E-state index is 11.3. The summed E-state index contributed by atoms with van der Waals surface area (Å²) in [6.07, 6.45) is 9.25. The predicted molar refractivity (Wildman–Crippen MR) is 82.4 cm³/mol. The summed E-state index contributed by atoms with van der Waals surface area (Å²) < 4.78 is 0. The van der Waals surface area contributed by atoms with Crippen LogP contribution in [0.2, 0.25) is 0 Å². The summed E-state index contributed by atoms with van der Waals surface area (Å²) in [5, 5.41) is 10.9. The summed E-state index contributed by atoms with van der Waals surface area (Å²) in [5.74, 6) is 0.782. The lowest BCUT2D eigenvalue weighted by atomic mass is 9.45. The molecule has 1 unspecified atom stereocenters. The van der Waals surface area contributed by atoms with Crippen LogP contribution < -0.4 is 0 Å². The molecule has 2 aliphatic carbocycles. The Kier molecular flexibility index (Phi) is 3.92. The summed E-state index contributed by atoms with van der Waals surface area (Å²) in [6, 6.07) is 0. The van der Waals surface area contributed by atoms with Crippen LogP contribution in [0.1, 0.15) is 66.7 Å². The van der Waals surface area contributed by atoms with Crippen molar-refractivity contribution >= 4 is 5.78 Å². The number of aliphatic hydroxyl groups is 1. The minimum Gasteiger partial charge on any atom is -0.390 e. The van der Waals surface area contributed by atoms with Gasteiger partial charge in [0.1, 0.15) is 0 Å². The van der Waals surface area contributed by atoms with Crippen LogP contribution in [-0.2, 0) is 4.79 Å². The van der Waals surface area contributed by atoms with Gasteiger partial charge in [-0.2, -0.15) is 0 Å². The number of hydrogen-bond donors (Lipinski definition) is 1. The van der Waals surface area contributed by atoms with Gasteiger partial charge in [-0.15, -0.1) is 0 Å². The van der Waals surface area contributed by atoms with Crippen molar-refractivity contribution in [1.82, 2.24) is 0 Å². The van der Waals surface area contributed by atoms with Crippen molar-refractivity contribution in [3.05, 3.63) is 12.2 Å². The van der Waals surface area contributed by atoms with Gasteiger partial charge in [0.25, 0.3) is 0 Å². The van der Waals surface area contributed by atoms with Crippen LogP contribution in [0, 0.1) is 22.7 Å². The monoisotopic (exact) mass is 278 g/mol. The van der Waals surface area contributed by atoms with Gasteiger partial charge in [0.15, 0.2) is 5.78 Å². The molecule has 4 atom stereocenters. The lowest BCUT2D eigenvalue weighted by Crippen LogP contribution is -2.56. The third-order valence-corrected chi connectivity index (χ3v) is 6.12. The van der Waals surface area contributed by atoms with Gasteiger partial charge in [0.2, 0.25) is 0 Å². The quantitative estimate of drug-likeness (QED) is 0.771. The molecule has 114 valence electrons. The van der Waals surface area contributed by atoms with Gasteiger partial charge in [0.05, 0.1) is 5.60 Å². The molecule has 2 fully saturated rings. The van der Waals surface area contributed by atoms with E-state index in [0.717, 1.165) is 19.3 Å². The van der Waals surface area contributed by atoms with Gasteiger partial charge in [-0.25, -0.2) is 0 Å². The van der Waals surface area contributed by atoms with Crippen molar-refractivity contribution in [3.63, 3.8) is 0 Å². The highest BCUT2D eigenvalue weighted by atomic mass is 16.3. The first-order valence-corrected chi connectivity index (χ1v) is 8.01. The SMILES string of the molecule is CC(=O)/C=C/C1[C@](C)(O)CC[C@H]2C(C)(C)CCC[C@]12C. The van der Waals surface area contributed by atoms with Crippen LogP contribution in [0.3, 0.4) is 0 Å². The molecule has 0 spiro atoms. The van der Waals surface area contributed by atoms with Crippen LogP contribution in [0.5, 0.6) is 0 Å². The number of ketones is 1. The largest absolute Gasteiger partial charge is 0.390 e. The highest BCUT2D eigenvalue weighted by molar-refractivity contribution is 5.87. The zero-order chi connectivity index (χ0) is 15.2. The molecule has 2 aliphatic rings. The first kappa shape index (κ1) is 15.8. The van der Waals surface area contributed by atoms with E-state index in [4.69, 9.17) is 0 Å². The molecule has 0 heterocycles. The summed E-state index contributed by atoms with van der Waals surface area (Å²) in [4.78, 5) is 11.3. The average molecular weight is 278 g/mol. The van der Waals surface area contributed by atoms with E-state index >= 15 is 0 Å². The van der Waals surface area contributed by atoms with Gasteiger partial charge in [-0.05, 0) is 62.4 Å². The number of fused-ring (bicyclic) bond motifs is 1. The minimum absolute atomic E-state index is 0.0709. The Hall–Kier alpha value is -0.630. The number of carbonyl (C=O) groups is 1. The fourth-order valence-corrected chi connectivity index (χ4v) is 5.22. The fourth-order valence-electron chi connectivity index (χ4n) is 5.22. The molecule has 20 heavy (non-hydrogen) atoms. The Balaban J connectivity index is 2.40. The van der Waals surface area contributed by atoms with E-state index in [1.807, 2.05) is 13.0 Å². The second kappa shape index (κ2) is 4.98. The maximum atomic E-state index is 11.3. The molecule has 0 amide bonds. The van der Waals surface area contributed by atoms with Crippen LogP contribution in [0.4, 0.5) is 0 Å². The minimum atomic E-state index is -0.690. The normalized spacial score (nSPS) is 44.3. The van der Waals surface area contributed by atoms with Crippen molar-refractivity contribution in [2.24, 2.45) is 22.7 Å². The van der Waals surface area contributed by atoms with Gasteiger partial charge in [-0.1, -0.05) is 33.3 Å². The molecule has 0 aromatic carbocycles. The number of carbonyl (C=O) groups excluding carboxylic acids is 1. The molecule has 0 aliphatic heterocycles. The molecule has 2 nitrogen and oxygen atoms in total. The summed E-state index contributed by atoms with van der Waals surface area (Å²) >= 11 is 0. The zero-order valence-corrected chi connectivity index (χ0v) is 13.7. The fraction of sp³-hybridized carbons (Fsp3) is 0.833. The van der Waals surface area contributed by atoms with Gasteiger partial charge in [0, 0.05) is 5.92 Å².